The Balaban J connectivity index is 2.66. The van der Waals surface area contributed by atoms with Crippen LogP contribution in [0.25, 0.3) is 0 Å². The lowest BCUT2D eigenvalue weighted by Crippen LogP contribution is -2.13. The van der Waals surface area contributed by atoms with Crippen LogP contribution < -0.4 is 5.32 Å². The highest BCUT2D eigenvalue weighted by Gasteiger charge is 2.05. The van der Waals surface area contributed by atoms with Crippen LogP contribution in [0.15, 0.2) is 18.5 Å². The van der Waals surface area contributed by atoms with Gasteiger partial charge in [0.15, 0.2) is 5.78 Å². The molecule has 1 N–H and O–H groups in total. The molecule has 0 spiro atoms. The van der Waals surface area contributed by atoms with Crippen molar-refractivity contribution in [3.8, 4) is 0 Å². The van der Waals surface area contributed by atoms with E-state index in [4.69, 9.17) is 0 Å². The molecule has 3 nitrogen and oxygen atoms in total. The van der Waals surface area contributed by atoms with Crippen molar-refractivity contribution in [2.24, 2.45) is 0 Å². The van der Waals surface area contributed by atoms with Crippen LogP contribution in [0, 0.1) is 5.82 Å². The molecule has 1 heterocycles. The Morgan fingerprint density at radius 1 is 1.62 bits per heavy atom. The maximum absolute atomic E-state index is 12.6. The molecule has 0 aliphatic carbocycles. The van der Waals surface area contributed by atoms with Crippen LogP contribution in [0.4, 0.5) is 4.39 Å². The molecule has 1 rings (SSSR count). The van der Waals surface area contributed by atoms with Crippen molar-refractivity contribution in [1.29, 1.82) is 0 Å². The number of Topliss-reactive ketones (excluding diaryl/α,β-unsaturated/α-hetero) is 1. The van der Waals surface area contributed by atoms with E-state index in [-0.39, 0.29) is 5.78 Å². The lowest BCUT2D eigenvalue weighted by atomic mass is 10.1. The number of pyridine rings is 1. The van der Waals surface area contributed by atoms with Crippen LogP contribution >= 0.6 is 0 Å². The van der Waals surface area contributed by atoms with Crippen molar-refractivity contribution in [2.45, 2.75) is 6.42 Å². The molecule has 13 heavy (non-hydrogen) atoms. The zero-order valence-corrected chi connectivity index (χ0v) is 7.38. The number of hydrogen-bond donors (Lipinski definition) is 1. The second-order valence-electron chi connectivity index (χ2n) is 2.67. The van der Waals surface area contributed by atoms with E-state index < -0.39 is 5.82 Å². The number of nitrogens with one attached hydrogen (secondary N) is 1. The van der Waals surface area contributed by atoms with Crippen LogP contribution in [-0.2, 0) is 0 Å². The average Bonchev–Trinajstić information content (AvgIpc) is 2.14. The number of carbonyl (C=O) groups excluding carboxylic acids is 1. The molecule has 0 fully saturated rings. The molecule has 0 saturated carbocycles. The fourth-order valence-electron chi connectivity index (χ4n) is 0.947. The summed E-state index contributed by atoms with van der Waals surface area (Å²) in [6.45, 7) is 0.593. The van der Waals surface area contributed by atoms with Crippen LogP contribution in [-0.4, -0.2) is 24.4 Å². The molecule has 0 unspecified atom stereocenters. The molecule has 4 heteroatoms. The van der Waals surface area contributed by atoms with Gasteiger partial charge >= 0.3 is 0 Å². The molecule has 0 amide bonds. The molecule has 70 valence electrons. The largest absolute Gasteiger partial charge is 0.319 e. The number of carbonyl (C=O) groups is 1. The van der Waals surface area contributed by atoms with Gasteiger partial charge in [-0.3, -0.25) is 9.78 Å². The van der Waals surface area contributed by atoms with Gasteiger partial charge in [-0.1, -0.05) is 0 Å². The van der Waals surface area contributed by atoms with E-state index in [1.165, 1.54) is 12.3 Å². The van der Waals surface area contributed by atoms with E-state index >= 15 is 0 Å². The second kappa shape index (κ2) is 4.67. The van der Waals surface area contributed by atoms with Crippen molar-refractivity contribution >= 4 is 5.78 Å². The lowest BCUT2D eigenvalue weighted by molar-refractivity contribution is 0.0982. The van der Waals surface area contributed by atoms with Gasteiger partial charge in [-0.2, -0.15) is 0 Å². The number of nitrogens with zero attached hydrogens (tertiary/aromatic N) is 1. The maximum Gasteiger partial charge on any atom is 0.165 e. The molecular formula is C9H11FN2O. The summed E-state index contributed by atoms with van der Waals surface area (Å²) in [4.78, 5) is 14.9. The Labute approximate surface area is 76.0 Å². The molecule has 0 aliphatic heterocycles. The zero-order valence-electron chi connectivity index (χ0n) is 7.38. The van der Waals surface area contributed by atoms with Crippen LogP contribution in [0.1, 0.15) is 16.8 Å². The lowest BCUT2D eigenvalue weighted by Gasteiger charge is -1.99. The highest BCUT2D eigenvalue weighted by Crippen LogP contribution is 2.03. The van der Waals surface area contributed by atoms with Gasteiger partial charge in [0.2, 0.25) is 0 Å². The van der Waals surface area contributed by atoms with Gasteiger partial charge in [0.1, 0.15) is 5.82 Å². The molecular weight excluding hydrogens is 171 g/mol. The van der Waals surface area contributed by atoms with Gasteiger partial charge in [-0.15, -0.1) is 0 Å². The highest BCUT2D eigenvalue weighted by atomic mass is 19.1. The van der Waals surface area contributed by atoms with Gasteiger partial charge in [0.05, 0.1) is 6.20 Å². The standard InChI is InChI=1S/C9H11FN2O/c1-11-3-2-9(13)7-4-8(10)6-12-5-7/h4-6,11H,2-3H2,1H3. The van der Waals surface area contributed by atoms with Crippen molar-refractivity contribution in [2.75, 3.05) is 13.6 Å². The van der Waals surface area contributed by atoms with E-state index in [0.29, 0.717) is 18.5 Å². The topological polar surface area (TPSA) is 42.0 Å². The molecule has 0 aliphatic rings. The summed E-state index contributed by atoms with van der Waals surface area (Å²) < 4.78 is 12.6. The fraction of sp³-hybridized carbons (Fsp3) is 0.333. The number of ketones is 1. The predicted octanol–water partition coefficient (Wildman–Crippen LogP) is 1.01. The molecule has 0 radical (unpaired) electrons. The van der Waals surface area contributed by atoms with Gasteiger partial charge in [-0.25, -0.2) is 4.39 Å². The maximum atomic E-state index is 12.6. The highest BCUT2D eigenvalue weighted by molar-refractivity contribution is 5.95. The van der Waals surface area contributed by atoms with Crippen molar-refractivity contribution in [1.82, 2.24) is 10.3 Å². The normalized spacial score (nSPS) is 10.0. The number of hydrogen-bond acceptors (Lipinski definition) is 3. The predicted molar refractivity (Wildman–Crippen MR) is 47.1 cm³/mol. The Hall–Kier alpha value is -1.29. The van der Waals surface area contributed by atoms with E-state index in [0.717, 1.165) is 6.20 Å². The van der Waals surface area contributed by atoms with Gasteiger partial charge in [0.25, 0.3) is 0 Å². The van der Waals surface area contributed by atoms with E-state index in [9.17, 15) is 9.18 Å². The first-order valence-electron chi connectivity index (χ1n) is 4.02. The number of rotatable bonds is 4. The van der Waals surface area contributed by atoms with E-state index in [2.05, 4.69) is 10.3 Å². The summed E-state index contributed by atoms with van der Waals surface area (Å²) in [5.41, 5.74) is 0.329. The minimum atomic E-state index is -0.477. The van der Waals surface area contributed by atoms with Crippen molar-refractivity contribution < 1.29 is 9.18 Å². The van der Waals surface area contributed by atoms with E-state index in [1.807, 2.05) is 0 Å². The Kier molecular flexibility index (Phi) is 3.52. The third-order valence-corrected chi connectivity index (χ3v) is 1.63. The summed E-state index contributed by atoms with van der Waals surface area (Å²) in [5.74, 6) is -0.573. The zero-order chi connectivity index (χ0) is 9.68. The first-order chi connectivity index (χ1) is 6.24. The summed E-state index contributed by atoms with van der Waals surface area (Å²) >= 11 is 0. The molecule has 0 bridgehead atoms. The van der Waals surface area contributed by atoms with Gasteiger partial charge in [0, 0.05) is 24.7 Å². The minimum absolute atomic E-state index is 0.0960. The molecule has 0 aromatic carbocycles. The smallest absolute Gasteiger partial charge is 0.165 e. The molecule has 0 saturated heterocycles. The number of aromatic nitrogens is 1. The summed E-state index contributed by atoms with van der Waals surface area (Å²) in [7, 11) is 1.76. The molecule has 1 aromatic rings. The summed E-state index contributed by atoms with van der Waals surface area (Å²) in [6, 6.07) is 1.20. The average molecular weight is 182 g/mol. The van der Waals surface area contributed by atoms with Crippen LogP contribution in [0.2, 0.25) is 0 Å². The molecule has 0 atom stereocenters. The first kappa shape index (κ1) is 9.80. The van der Waals surface area contributed by atoms with Gasteiger partial charge in [-0.05, 0) is 13.1 Å². The van der Waals surface area contributed by atoms with Crippen LogP contribution in [0.3, 0.4) is 0 Å². The number of halogens is 1. The Bertz CT molecular complexity index is 301. The second-order valence-corrected chi connectivity index (χ2v) is 2.67. The summed E-state index contributed by atoms with van der Waals surface area (Å²) in [5, 5.41) is 2.85. The summed E-state index contributed by atoms with van der Waals surface area (Å²) in [6.07, 6.45) is 2.82. The monoisotopic (exact) mass is 182 g/mol. The molecule has 1 aromatic heterocycles. The third kappa shape index (κ3) is 2.91. The third-order valence-electron chi connectivity index (χ3n) is 1.63. The Morgan fingerprint density at radius 2 is 2.38 bits per heavy atom. The van der Waals surface area contributed by atoms with Crippen LogP contribution in [0.5, 0.6) is 0 Å². The Morgan fingerprint density at radius 3 is 3.00 bits per heavy atom. The minimum Gasteiger partial charge on any atom is -0.319 e. The quantitative estimate of drug-likeness (QED) is 0.707. The fourth-order valence-corrected chi connectivity index (χ4v) is 0.947. The van der Waals surface area contributed by atoms with Crippen molar-refractivity contribution in [3.05, 3.63) is 29.8 Å². The van der Waals surface area contributed by atoms with E-state index in [1.54, 1.807) is 7.05 Å². The first-order valence-corrected chi connectivity index (χ1v) is 4.02. The SMILES string of the molecule is CNCCC(=O)c1cncc(F)c1. The van der Waals surface area contributed by atoms with Crippen molar-refractivity contribution in [3.63, 3.8) is 0 Å². The van der Waals surface area contributed by atoms with Gasteiger partial charge < -0.3 is 5.32 Å².